The van der Waals surface area contributed by atoms with Crippen LogP contribution in [0.25, 0.3) is 0 Å². The fourth-order valence-corrected chi connectivity index (χ4v) is 4.60. The molecule has 0 heterocycles. The van der Waals surface area contributed by atoms with Gasteiger partial charge >= 0.3 is 0 Å². The summed E-state index contributed by atoms with van der Waals surface area (Å²) >= 11 is 0. The minimum absolute atomic E-state index is 0.0174. The predicted octanol–water partition coefficient (Wildman–Crippen LogP) is 3.93. The van der Waals surface area contributed by atoms with E-state index in [4.69, 9.17) is 4.74 Å². The second kappa shape index (κ2) is 8.00. The third-order valence-electron chi connectivity index (χ3n) is 4.81. The number of sulfonamides is 1. The summed E-state index contributed by atoms with van der Waals surface area (Å²) in [6.07, 6.45) is 3.92. The number of carbonyl (C=O) groups excluding carboxylic acids is 1. The molecule has 7 heteroatoms. The van der Waals surface area contributed by atoms with Crippen molar-refractivity contribution in [3.8, 4) is 5.75 Å². The van der Waals surface area contributed by atoms with Crippen molar-refractivity contribution in [1.29, 1.82) is 0 Å². The van der Waals surface area contributed by atoms with Crippen molar-refractivity contribution >= 4 is 27.3 Å². The molecule has 0 spiro atoms. The highest BCUT2D eigenvalue weighted by Gasteiger charge is 2.23. The number of hydrogen-bond donors (Lipinski definition) is 2. The van der Waals surface area contributed by atoms with Gasteiger partial charge in [-0.15, -0.1) is 0 Å². The molecule has 1 aliphatic rings. The lowest BCUT2D eigenvalue weighted by Gasteiger charge is -2.14. The fraction of sp³-hybridized carbons (Fsp3) is 0.350. The monoisotopic (exact) mass is 388 g/mol. The zero-order chi connectivity index (χ0) is 19.4. The van der Waals surface area contributed by atoms with Crippen molar-refractivity contribution < 1.29 is 17.9 Å². The van der Waals surface area contributed by atoms with Gasteiger partial charge in [0.05, 0.1) is 12.0 Å². The minimum Gasteiger partial charge on any atom is -0.497 e. The van der Waals surface area contributed by atoms with E-state index in [9.17, 15) is 13.2 Å². The van der Waals surface area contributed by atoms with E-state index in [2.05, 4.69) is 10.0 Å². The van der Waals surface area contributed by atoms with Crippen LogP contribution in [0.3, 0.4) is 0 Å². The number of anilines is 2. The molecule has 1 amide bonds. The van der Waals surface area contributed by atoms with Crippen molar-refractivity contribution in [2.75, 3.05) is 17.1 Å². The summed E-state index contributed by atoms with van der Waals surface area (Å²) in [7, 11) is -2.23. The average molecular weight is 388 g/mol. The Hall–Kier alpha value is -2.54. The summed E-state index contributed by atoms with van der Waals surface area (Å²) in [5.41, 5.74) is 1.54. The highest BCUT2D eigenvalue weighted by atomic mass is 32.2. The van der Waals surface area contributed by atoms with Crippen LogP contribution < -0.4 is 14.8 Å². The molecule has 0 aromatic heterocycles. The maximum Gasteiger partial charge on any atom is 0.262 e. The van der Waals surface area contributed by atoms with Crippen molar-refractivity contribution in [2.24, 2.45) is 5.92 Å². The number of ether oxygens (including phenoxy) is 1. The van der Waals surface area contributed by atoms with Gasteiger partial charge < -0.3 is 10.1 Å². The number of methoxy groups -OCH3 is 1. The molecule has 1 saturated carbocycles. The molecule has 0 saturated heterocycles. The van der Waals surface area contributed by atoms with Gasteiger partial charge in [0.1, 0.15) is 5.75 Å². The molecule has 2 aromatic rings. The van der Waals surface area contributed by atoms with Gasteiger partial charge in [-0.05, 0) is 61.7 Å². The Morgan fingerprint density at radius 3 is 2.30 bits per heavy atom. The van der Waals surface area contributed by atoms with Crippen LogP contribution in [0.2, 0.25) is 0 Å². The van der Waals surface area contributed by atoms with Gasteiger partial charge in [-0.1, -0.05) is 18.9 Å². The van der Waals surface area contributed by atoms with Crippen LogP contribution in [0.1, 0.15) is 31.2 Å². The van der Waals surface area contributed by atoms with Crippen molar-refractivity contribution in [3.63, 3.8) is 0 Å². The first kappa shape index (κ1) is 19.2. The minimum atomic E-state index is -3.78. The van der Waals surface area contributed by atoms with Gasteiger partial charge in [0.15, 0.2) is 0 Å². The van der Waals surface area contributed by atoms with E-state index in [1.165, 1.54) is 6.07 Å². The molecule has 1 aliphatic carbocycles. The Bertz CT molecular complexity index is 917. The first-order valence-electron chi connectivity index (χ1n) is 8.97. The van der Waals surface area contributed by atoms with Crippen LogP contribution in [-0.2, 0) is 14.8 Å². The quantitative estimate of drug-likeness (QED) is 0.785. The number of hydrogen-bond acceptors (Lipinski definition) is 4. The van der Waals surface area contributed by atoms with Crippen molar-refractivity contribution in [3.05, 3.63) is 48.0 Å². The molecule has 1 fully saturated rings. The number of carbonyl (C=O) groups is 1. The number of amides is 1. The number of nitrogens with one attached hydrogen (secondary N) is 2. The van der Waals surface area contributed by atoms with Gasteiger partial charge in [-0.2, -0.15) is 0 Å². The Morgan fingerprint density at radius 2 is 1.67 bits per heavy atom. The Labute approximate surface area is 160 Å². The first-order chi connectivity index (χ1) is 12.9. The lowest BCUT2D eigenvalue weighted by atomic mass is 10.1. The topological polar surface area (TPSA) is 84.5 Å². The molecule has 0 atom stereocenters. The smallest absolute Gasteiger partial charge is 0.262 e. The molecule has 27 heavy (non-hydrogen) atoms. The van der Waals surface area contributed by atoms with Crippen LogP contribution in [0, 0.1) is 12.8 Å². The standard InChI is InChI=1S/C20H24N2O4S/c1-14-7-8-17(21-20(23)15-5-3-4-6-15)13-19(14)27(24,25)22-16-9-11-18(26-2)12-10-16/h7-13,15,22H,3-6H2,1-2H3,(H,21,23). The SMILES string of the molecule is COc1ccc(NS(=O)(=O)c2cc(NC(=O)C3CCCC3)ccc2C)cc1. The highest BCUT2D eigenvalue weighted by molar-refractivity contribution is 7.92. The third kappa shape index (κ3) is 4.60. The van der Waals surface area contributed by atoms with Gasteiger partial charge in [0.25, 0.3) is 10.0 Å². The molecular formula is C20H24N2O4S. The van der Waals surface area contributed by atoms with E-state index in [0.29, 0.717) is 22.7 Å². The highest BCUT2D eigenvalue weighted by Crippen LogP contribution is 2.28. The molecule has 0 aliphatic heterocycles. The molecule has 2 N–H and O–H groups in total. The Balaban J connectivity index is 1.80. The summed E-state index contributed by atoms with van der Waals surface area (Å²) in [5.74, 6) is 0.623. The van der Waals surface area contributed by atoms with E-state index < -0.39 is 10.0 Å². The summed E-state index contributed by atoms with van der Waals surface area (Å²) < 4.78 is 33.3. The summed E-state index contributed by atoms with van der Waals surface area (Å²) in [5, 5.41) is 2.85. The first-order valence-corrected chi connectivity index (χ1v) is 10.5. The second-order valence-electron chi connectivity index (χ2n) is 6.78. The normalized spacial score (nSPS) is 14.7. The second-order valence-corrected chi connectivity index (χ2v) is 8.44. The number of rotatable bonds is 6. The lowest BCUT2D eigenvalue weighted by Crippen LogP contribution is -2.21. The average Bonchev–Trinajstić information content (AvgIpc) is 3.18. The Morgan fingerprint density at radius 1 is 1.04 bits per heavy atom. The van der Waals surface area contributed by atoms with Crippen LogP contribution in [0.4, 0.5) is 11.4 Å². The largest absolute Gasteiger partial charge is 0.497 e. The van der Waals surface area contributed by atoms with Gasteiger partial charge in [0.2, 0.25) is 5.91 Å². The Kier molecular flexibility index (Phi) is 5.70. The summed E-state index contributed by atoms with van der Waals surface area (Å²) in [6, 6.07) is 11.6. The predicted molar refractivity (Wildman–Crippen MR) is 106 cm³/mol. The zero-order valence-corrected chi connectivity index (χ0v) is 16.3. The van der Waals surface area contributed by atoms with Crippen molar-refractivity contribution in [2.45, 2.75) is 37.5 Å². The van der Waals surface area contributed by atoms with E-state index in [1.807, 2.05) is 0 Å². The van der Waals surface area contributed by atoms with Gasteiger partial charge in [-0.25, -0.2) is 8.42 Å². The fourth-order valence-electron chi connectivity index (χ4n) is 3.27. The maximum absolute atomic E-state index is 12.8. The van der Waals surface area contributed by atoms with Gasteiger partial charge in [0, 0.05) is 17.3 Å². The molecule has 144 valence electrons. The van der Waals surface area contributed by atoms with Gasteiger partial charge in [-0.3, -0.25) is 9.52 Å². The van der Waals surface area contributed by atoms with Crippen LogP contribution >= 0.6 is 0 Å². The van der Waals surface area contributed by atoms with E-state index in [1.54, 1.807) is 50.4 Å². The number of aryl methyl sites for hydroxylation is 1. The molecule has 0 bridgehead atoms. The third-order valence-corrected chi connectivity index (χ3v) is 6.34. The number of benzene rings is 2. The van der Waals surface area contributed by atoms with E-state index >= 15 is 0 Å². The molecule has 2 aromatic carbocycles. The summed E-state index contributed by atoms with van der Waals surface area (Å²) in [4.78, 5) is 12.5. The zero-order valence-electron chi connectivity index (χ0n) is 15.5. The van der Waals surface area contributed by atoms with Crippen molar-refractivity contribution in [1.82, 2.24) is 0 Å². The summed E-state index contributed by atoms with van der Waals surface area (Å²) in [6.45, 7) is 1.73. The maximum atomic E-state index is 12.8. The van der Waals surface area contributed by atoms with Crippen LogP contribution in [-0.4, -0.2) is 21.4 Å². The molecular weight excluding hydrogens is 364 g/mol. The molecule has 0 radical (unpaired) electrons. The lowest BCUT2D eigenvalue weighted by molar-refractivity contribution is -0.119. The van der Waals surface area contributed by atoms with E-state index in [-0.39, 0.29) is 16.7 Å². The van der Waals surface area contributed by atoms with E-state index in [0.717, 1.165) is 25.7 Å². The molecule has 0 unspecified atom stereocenters. The molecule has 3 rings (SSSR count). The molecule has 6 nitrogen and oxygen atoms in total. The van der Waals surface area contributed by atoms with Crippen LogP contribution in [0.5, 0.6) is 5.75 Å². The van der Waals surface area contributed by atoms with Crippen LogP contribution in [0.15, 0.2) is 47.4 Å².